The number of methoxy groups -OCH3 is 1. The highest BCUT2D eigenvalue weighted by Gasteiger charge is 2.19. The topological polar surface area (TPSA) is 47.0 Å². The van der Waals surface area contributed by atoms with E-state index in [1.807, 2.05) is 6.07 Å². The van der Waals surface area contributed by atoms with E-state index in [9.17, 15) is 0 Å². The molecule has 1 N–H and O–H groups in total. The molecule has 0 spiro atoms. The van der Waals surface area contributed by atoms with Gasteiger partial charge in [-0.15, -0.1) is 10.2 Å². The van der Waals surface area contributed by atoms with Crippen molar-refractivity contribution in [3.8, 4) is 0 Å². The molecule has 1 aromatic heterocycles. The van der Waals surface area contributed by atoms with E-state index in [1.165, 1.54) is 16.7 Å². The maximum atomic E-state index is 5.05. The molecule has 6 heteroatoms. The molecule has 130 valence electrons. The van der Waals surface area contributed by atoms with Gasteiger partial charge >= 0.3 is 0 Å². The largest absolute Gasteiger partial charge is 0.383 e. The van der Waals surface area contributed by atoms with Crippen LogP contribution < -0.4 is 5.32 Å². The molecule has 25 heavy (non-hydrogen) atoms. The van der Waals surface area contributed by atoms with Gasteiger partial charge in [0.05, 0.1) is 11.9 Å². The molecule has 3 aromatic rings. The molecule has 1 unspecified atom stereocenters. The maximum Gasteiger partial charge on any atom is 0.206 e. The van der Waals surface area contributed by atoms with Crippen LogP contribution in [-0.2, 0) is 4.74 Å². The van der Waals surface area contributed by atoms with Crippen LogP contribution in [0.1, 0.15) is 21.9 Å². The molecule has 0 saturated carbocycles. The van der Waals surface area contributed by atoms with E-state index in [2.05, 4.69) is 71.0 Å². The van der Waals surface area contributed by atoms with Gasteiger partial charge in [-0.1, -0.05) is 77.7 Å². The van der Waals surface area contributed by atoms with Gasteiger partial charge in [0.1, 0.15) is 0 Å². The van der Waals surface area contributed by atoms with E-state index < -0.39 is 0 Å². The first kappa shape index (κ1) is 17.9. The average Bonchev–Trinajstić information content (AvgIpc) is 3.09. The summed E-state index contributed by atoms with van der Waals surface area (Å²) in [4.78, 5) is 0. The van der Waals surface area contributed by atoms with E-state index in [4.69, 9.17) is 4.74 Å². The predicted molar refractivity (Wildman–Crippen MR) is 106 cm³/mol. The third-order valence-corrected chi connectivity index (χ3v) is 6.04. The number of rotatable bonds is 8. The van der Waals surface area contributed by atoms with Crippen molar-refractivity contribution < 1.29 is 4.74 Å². The van der Waals surface area contributed by atoms with Crippen molar-refractivity contribution in [3.63, 3.8) is 0 Å². The lowest BCUT2D eigenvalue weighted by molar-refractivity contribution is 0.211. The summed E-state index contributed by atoms with van der Waals surface area (Å²) in [5.41, 5.74) is 3.86. The minimum absolute atomic E-state index is 0.196. The van der Waals surface area contributed by atoms with Gasteiger partial charge < -0.3 is 10.1 Å². The zero-order valence-electron chi connectivity index (χ0n) is 14.3. The Bertz CT molecular complexity index is 792. The number of benzene rings is 2. The summed E-state index contributed by atoms with van der Waals surface area (Å²) in [6, 6.07) is 19.1. The molecule has 0 fully saturated rings. The van der Waals surface area contributed by atoms with Crippen LogP contribution in [0.4, 0.5) is 5.13 Å². The molecule has 0 amide bonds. The van der Waals surface area contributed by atoms with Crippen LogP contribution in [0, 0.1) is 6.92 Å². The van der Waals surface area contributed by atoms with Gasteiger partial charge in [-0.05, 0) is 23.6 Å². The molecule has 1 atom stereocenters. The van der Waals surface area contributed by atoms with Crippen LogP contribution >= 0.6 is 23.1 Å². The number of thioether (sulfide) groups is 1. The summed E-state index contributed by atoms with van der Waals surface area (Å²) >= 11 is 3.32. The van der Waals surface area contributed by atoms with E-state index in [0.29, 0.717) is 6.61 Å². The monoisotopic (exact) mass is 371 g/mol. The second-order valence-corrected chi connectivity index (χ2v) is 7.89. The highest BCUT2D eigenvalue weighted by molar-refractivity contribution is 8.01. The Labute approximate surface area is 156 Å². The van der Waals surface area contributed by atoms with E-state index in [-0.39, 0.29) is 5.25 Å². The summed E-state index contributed by atoms with van der Waals surface area (Å²) < 4.78 is 6.01. The molecule has 4 nitrogen and oxygen atoms in total. The number of ether oxygens (including phenoxy) is 1. The zero-order chi connectivity index (χ0) is 17.5. The van der Waals surface area contributed by atoms with Crippen LogP contribution in [0.15, 0.2) is 58.9 Å². The van der Waals surface area contributed by atoms with E-state index in [0.717, 1.165) is 16.0 Å². The second-order valence-electron chi connectivity index (χ2n) is 5.56. The molecule has 0 aliphatic carbocycles. The highest BCUT2D eigenvalue weighted by atomic mass is 32.2. The molecular weight excluding hydrogens is 350 g/mol. The smallest absolute Gasteiger partial charge is 0.206 e. The van der Waals surface area contributed by atoms with Crippen molar-refractivity contribution in [2.45, 2.75) is 16.5 Å². The Morgan fingerprint density at radius 3 is 2.60 bits per heavy atom. The summed E-state index contributed by atoms with van der Waals surface area (Å²) in [7, 11) is 1.69. The van der Waals surface area contributed by atoms with E-state index in [1.54, 1.807) is 30.2 Å². The third kappa shape index (κ3) is 4.81. The lowest BCUT2D eigenvalue weighted by Crippen LogP contribution is -2.06. The Balaban J connectivity index is 1.83. The first-order chi connectivity index (χ1) is 12.3. The standard InChI is InChI=1S/C19H21N3OS2/c1-14-8-6-7-11-16(14)17(15-9-4-3-5-10-15)24-19-22-21-18(25-19)20-12-13-23-2/h3-11,17H,12-13H2,1-2H3,(H,20,21). The molecule has 0 bridgehead atoms. The van der Waals surface area contributed by atoms with Gasteiger partial charge in [-0.2, -0.15) is 0 Å². The first-order valence-corrected chi connectivity index (χ1v) is 9.81. The van der Waals surface area contributed by atoms with Gasteiger partial charge in [0, 0.05) is 13.7 Å². The summed E-state index contributed by atoms with van der Waals surface area (Å²) in [5.74, 6) is 0. The minimum atomic E-state index is 0.196. The summed E-state index contributed by atoms with van der Waals surface area (Å²) in [6.45, 7) is 3.54. The van der Waals surface area contributed by atoms with Crippen LogP contribution in [0.5, 0.6) is 0 Å². The van der Waals surface area contributed by atoms with Gasteiger partial charge in [-0.3, -0.25) is 0 Å². The molecule has 0 saturated heterocycles. The van der Waals surface area contributed by atoms with Crippen molar-refractivity contribution in [1.82, 2.24) is 10.2 Å². The maximum absolute atomic E-state index is 5.05. The van der Waals surface area contributed by atoms with Crippen LogP contribution in [0.25, 0.3) is 0 Å². The number of anilines is 1. The normalized spacial score (nSPS) is 12.1. The first-order valence-electron chi connectivity index (χ1n) is 8.11. The Kier molecular flexibility index (Phi) is 6.44. The zero-order valence-corrected chi connectivity index (χ0v) is 15.9. The van der Waals surface area contributed by atoms with Crippen molar-refractivity contribution in [2.24, 2.45) is 0 Å². The van der Waals surface area contributed by atoms with Gasteiger partial charge in [0.2, 0.25) is 5.13 Å². The molecule has 1 heterocycles. The molecular formula is C19H21N3OS2. The number of aromatic nitrogens is 2. The molecule has 0 radical (unpaired) electrons. The average molecular weight is 372 g/mol. The predicted octanol–water partition coefficient (Wildman–Crippen LogP) is 4.79. The quantitative estimate of drug-likeness (QED) is 0.456. The SMILES string of the molecule is COCCNc1nnc(SC(c2ccccc2)c2ccccc2C)s1. The van der Waals surface area contributed by atoms with Crippen LogP contribution in [0.2, 0.25) is 0 Å². The fourth-order valence-corrected chi connectivity index (χ4v) is 4.70. The number of aryl methyl sites for hydroxylation is 1. The van der Waals surface area contributed by atoms with Gasteiger partial charge in [-0.25, -0.2) is 0 Å². The Morgan fingerprint density at radius 2 is 1.84 bits per heavy atom. The van der Waals surface area contributed by atoms with Crippen LogP contribution in [0.3, 0.4) is 0 Å². The fraction of sp³-hybridized carbons (Fsp3) is 0.263. The lowest BCUT2D eigenvalue weighted by atomic mass is 10.0. The summed E-state index contributed by atoms with van der Waals surface area (Å²) in [6.07, 6.45) is 0. The van der Waals surface area contributed by atoms with E-state index >= 15 is 0 Å². The Morgan fingerprint density at radius 1 is 1.08 bits per heavy atom. The number of hydrogen-bond donors (Lipinski definition) is 1. The fourth-order valence-electron chi connectivity index (χ4n) is 2.51. The van der Waals surface area contributed by atoms with Crippen molar-refractivity contribution >= 4 is 28.2 Å². The van der Waals surface area contributed by atoms with Crippen molar-refractivity contribution in [3.05, 3.63) is 71.3 Å². The number of nitrogens with one attached hydrogen (secondary N) is 1. The molecule has 0 aliphatic rings. The molecule has 0 aliphatic heterocycles. The summed E-state index contributed by atoms with van der Waals surface area (Å²) in [5, 5.41) is 12.8. The minimum Gasteiger partial charge on any atom is -0.383 e. The van der Waals surface area contributed by atoms with Crippen molar-refractivity contribution in [1.29, 1.82) is 0 Å². The van der Waals surface area contributed by atoms with Gasteiger partial charge in [0.15, 0.2) is 4.34 Å². The second kappa shape index (κ2) is 8.99. The van der Waals surface area contributed by atoms with Crippen LogP contribution in [-0.4, -0.2) is 30.5 Å². The highest BCUT2D eigenvalue weighted by Crippen LogP contribution is 2.43. The number of hydrogen-bond acceptors (Lipinski definition) is 6. The van der Waals surface area contributed by atoms with Gasteiger partial charge in [0.25, 0.3) is 0 Å². The third-order valence-electron chi connectivity index (χ3n) is 3.78. The molecule has 3 rings (SSSR count). The lowest BCUT2D eigenvalue weighted by Gasteiger charge is -2.18. The molecule has 2 aromatic carbocycles. The van der Waals surface area contributed by atoms with Crippen molar-refractivity contribution in [2.75, 3.05) is 25.6 Å². The number of nitrogens with zero attached hydrogens (tertiary/aromatic N) is 2. The Hall–Kier alpha value is -1.89.